The third-order valence-corrected chi connectivity index (χ3v) is 10.9. The highest BCUT2D eigenvalue weighted by Crippen LogP contribution is 2.36. The molecule has 0 amide bonds. The fourth-order valence-corrected chi connectivity index (χ4v) is 7.09. The maximum absolute atomic E-state index is 13.0. The van der Waals surface area contributed by atoms with Gasteiger partial charge in [0.05, 0.1) is 89.7 Å². The molecule has 6 N–H and O–H groups in total. The lowest BCUT2D eigenvalue weighted by atomic mass is 9.74. The van der Waals surface area contributed by atoms with Gasteiger partial charge in [0.25, 0.3) is 0 Å². The van der Waals surface area contributed by atoms with Crippen LogP contribution in [0.25, 0.3) is 0 Å². The van der Waals surface area contributed by atoms with Gasteiger partial charge in [-0.15, -0.1) is 0 Å². The summed E-state index contributed by atoms with van der Waals surface area (Å²) in [6.45, 7) is 4.49. The van der Waals surface area contributed by atoms with E-state index in [1.54, 1.807) is 13.8 Å². The molecule has 0 aliphatic heterocycles. The third-order valence-electron chi connectivity index (χ3n) is 10.9. The Morgan fingerprint density at radius 2 is 0.845 bits per heavy atom. The normalized spacial score (nSPS) is 26.6. The highest BCUT2D eigenvalue weighted by atomic mass is 16.6. The van der Waals surface area contributed by atoms with Gasteiger partial charge in [-0.1, -0.05) is 27.7 Å². The molecular formula is C40H70O18. The molecule has 18 nitrogen and oxygen atoms in total. The molecule has 14 unspecified atom stereocenters. The van der Waals surface area contributed by atoms with Crippen LogP contribution in [0, 0.1) is 35.5 Å². The van der Waals surface area contributed by atoms with E-state index >= 15 is 0 Å². The molecule has 2 fully saturated rings. The van der Waals surface area contributed by atoms with Crippen LogP contribution in [0.4, 0.5) is 0 Å². The molecule has 0 saturated heterocycles. The summed E-state index contributed by atoms with van der Waals surface area (Å²) in [5.74, 6) is -4.61. The molecule has 338 valence electrons. The molecule has 2 aliphatic rings. The number of rotatable bonds is 27. The van der Waals surface area contributed by atoms with E-state index in [0.717, 1.165) is 12.8 Å². The Morgan fingerprint density at radius 1 is 0.483 bits per heavy atom. The van der Waals surface area contributed by atoms with Crippen LogP contribution in [0.2, 0.25) is 0 Å². The minimum absolute atomic E-state index is 0.127. The minimum atomic E-state index is -1.75. The van der Waals surface area contributed by atoms with Crippen LogP contribution in [0.15, 0.2) is 0 Å². The van der Waals surface area contributed by atoms with Crippen LogP contribution in [0.1, 0.15) is 79.1 Å². The fraction of sp³-hybridized carbons (Fsp3) is 0.900. The summed E-state index contributed by atoms with van der Waals surface area (Å²) in [5.41, 5.74) is 0. The van der Waals surface area contributed by atoms with Crippen molar-refractivity contribution in [1.82, 2.24) is 0 Å². The first-order valence-corrected chi connectivity index (χ1v) is 20.5. The van der Waals surface area contributed by atoms with Gasteiger partial charge in [0.15, 0.2) is 0 Å². The lowest BCUT2D eigenvalue weighted by molar-refractivity contribution is -0.181. The number of carbonyl (C=O) groups is 4. The Morgan fingerprint density at radius 3 is 1.31 bits per heavy atom. The van der Waals surface area contributed by atoms with Crippen molar-refractivity contribution in [3.05, 3.63) is 0 Å². The molecule has 0 bridgehead atoms. The first-order valence-electron chi connectivity index (χ1n) is 20.5. The standard InChI is InChI=1S/C40H70O18/c1-7-25(41)15-53-21-34(56-18-28(44)20-58-40(50)32-14-24(4)9-11-29(32)37(47)51-5)36(46)35(45)33(55-17-26(42)8-2)22-54-16-27(43)19-57-39(49)30-12-10-23(3)13-31(30)38(48)52-6/h23-36,41-46H,7-22H2,1-6H3. The van der Waals surface area contributed by atoms with Crippen LogP contribution >= 0.6 is 0 Å². The molecule has 0 aromatic heterocycles. The van der Waals surface area contributed by atoms with E-state index in [2.05, 4.69) is 0 Å². The second kappa shape index (κ2) is 27.3. The van der Waals surface area contributed by atoms with Gasteiger partial charge < -0.3 is 68.5 Å². The molecular weight excluding hydrogens is 768 g/mol. The number of aliphatic hydroxyl groups is 6. The summed E-state index contributed by atoms with van der Waals surface area (Å²) in [5, 5.41) is 64.0. The zero-order chi connectivity index (χ0) is 43.4. The highest BCUT2D eigenvalue weighted by molar-refractivity contribution is 5.83. The molecule has 0 heterocycles. The lowest BCUT2D eigenvalue weighted by Crippen LogP contribution is -2.51. The van der Waals surface area contributed by atoms with Crippen molar-refractivity contribution in [2.24, 2.45) is 35.5 Å². The van der Waals surface area contributed by atoms with E-state index in [9.17, 15) is 49.8 Å². The maximum Gasteiger partial charge on any atom is 0.309 e. The van der Waals surface area contributed by atoms with Gasteiger partial charge in [-0.25, -0.2) is 0 Å². The Bertz CT molecular complexity index is 1200. The SMILES string of the molecule is CCC(O)COCC(OCC(O)COC(=O)C1CC(C)CCC1C(=O)OC)C(O)C(O)C(COCC(O)COC(=O)C1CCC(C)CC1C(=O)OC)OCC(O)CC. The average Bonchev–Trinajstić information content (AvgIpc) is 3.22. The molecule has 2 aliphatic carbocycles. The van der Waals surface area contributed by atoms with Crippen molar-refractivity contribution in [2.75, 3.05) is 67.1 Å². The average molecular weight is 839 g/mol. The van der Waals surface area contributed by atoms with E-state index in [-0.39, 0.29) is 38.3 Å². The molecule has 0 aromatic rings. The van der Waals surface area contributed by atoms with Gasteiger partial charge in [0.2, 0.25) is 0 Å². The Labute approximate surface area is 341 Å². The van der Waals surface area contributed by atoms with Crippen molar-refractivity contribution in [2.45, 2.75) is 128 Å². The van der Waals surface area contributed by atoms with Crippen molar-refractivity contribution in [3.8, 4) is 0 Å². The monoisotopic (exact) mass is 838 g/mol. The number of esters is 4. The second-order valence-electron chi connectivity index (χ2n) is 15.8. The van der Waals surface area contributed by atoms with E-state index in [0.29, 0.717) is 38.5 Å². The van der Waals surface area contributed by atoms with Crippen molar-refractivity contribution in [3.63, 3.8) is 0 Å². The molecule has 18 heteroatoms. The predicted octanol–water partition coefficient (Wildman–Crippen LogP) is 0.313. The third kappa shape index (κ3) is 17.6. The van der Waals surface area contributed by atoms with Crippen molar-refractivity contribution >= 4 is 23.9 Å². The summed E-state index contributed by atoms with van der Waals surface area (Å²) in [6, 6.07) is 0. The number of ether oxygens (including phenoxy) is 8. The van der Waals surface area contributed by atoms with Crippen LogP contribution in [0.3, 0.4) is 0 Å². The molecule has 14 atom stereocenters. The number of hydrogen-bond donors (Lipinski definition) is 6. The second-order valence-corrected chi connectivity index (χ2v) is 15.8. The quantitative estimate of drug-likeness (QED) is 0.0480. The van der Waals surface area contributed by atoms with Crippen LogP contribution in [-0.2, 0) is 57.1 Å². The van der Waals surface area contributed by atoms with Gasteiger partial charge in [-0.05, 0) is 63.2 Å². The molecule has 0 aromatic carbocycles. The summed E-state index contributed by atoms with van der Waals surface area (Å²) in [7, 11) is 2.51. The smallest absolute Gasteiger partial charge is 0.309 e. The van der Waals surface area contributed by atoms with Crippen LogP contribution in [0.5, 0.6) is 0 Å². The maximum atomic E-state index is 13.0. The number of aliphatic hydroxyl groups excluding tert-OH is 6. The zero-order valence-corrected chi connectivity index (χ0v) is 35.0. The summed E-state index contributed by atoms with van der Waals surface area (Å²) in [6.07, 6.45) is -6.55. The van der Waals surface area contributed by atoms with Gasteiger partial charge in [-0.3, -0.25) is 19.2 Å². The summed E-state index contributed by atoms with van der Waals surface area (Å²) >= 11 is 0. The van der Waals surface area contributed by atoms with Crippen LogP contribution < -0.4 is 0 Å². The number of carbonyl (C=O) groups excluding carboxylic acids is 4. The highest BCUT2D eigenvalue weighted by Gasteiger charge is 2.42. The summed E-state index contributed by atoms with van der Waals surface area (Å²) < 4.78 is 43.0. The molecule has 2 saturated carbocycles. The topological polar surface area (TPSA) is 263 Å². The zero-order valence-electron chi connectivity index (χ0n) is 35.0. The van der Waals surface area contributed by atoms with Gasteiger partial charge in [-0.2, -0.15) is 0 Å². The van der Waals surface area contributed by atoms with E-state index < -0.39 is 123 Å². The molecule has 0 radical (unpaired) electrons. The van der Waals surface area contributed by atoms with Crippen LogP contribution in [-0.4, -0.2) is 170 Å². The number of methoxy groups -OCH3 is 2. The minimum Gasteiger partial charge on any atom is -0.469 e. The van der Waals surface area contributed by atoms with E-state index in [4.69, 9.17) is 37.9 Å². The molecule has 2 rings (SSSR count). The van der Waals surface area contributed by atoms with Crippen molar-refractivity contribution < 1.29 is 87.7 Å². The Kier molecular flexibility index (Phi) is 24.3. The van der Waals surface area contributed by atoms with Gasteiger partial charge in [0, 0.05) is 0 Å². The largest absolute Gasteiger partial charge is 0.469 e. The lowest BCUT2D eigenvalue weighted by Gasteiger charge is -2.33. The van der Waals surface area contributed by atoms with E-state index in [1.807, 2.05) is 13.8 Å². The fourth-order valence-electron chi connectivity index (χ4n) is 7.09. The van der Waals surface area contributed by atoms with Crippen molar-refractivity contribution in [1.29, 1.82) is 0 Å². The number of hydrogen-bond acceptors (Lipinski definition) is 18. The Hall–Kier alpha value is -2.52. The van der Waals surface area contributed by atoms with Gasteiger partial charge in [0.1, 0.15) is 49.8 Å². The first-order chi connectivity index (χ1) is 27.6. The molecule has 58 heavy (non-hydrogen) atoms. The van der Waals surface area contributed by atoms with Gasteiger partial charge >= 0.3 is 23.9 Å². The first kappa shape index (κ1) is 51.6. The Balaban J connectivity index is 2.03. The predicted molar refractivity (Wildman–Crippen MR) is 204 cm³/mol. The van der Waals surface area contributed by atoms with E-state index in [1.165, 1.54) is 14.2 Å². The summed E-state index contributed by atoms with van der Waals surface area (Å²) in [4.78, 5) is 50.4. The molecule has 0 spiro atoms.